The molecule has 0 saturated carbocycles. The Morgan fingerprint density at radius 3 is 2.45 bits per heavy atom. The van der Waals surface area contributed by atoms with Gasteiger partial charge in [-0.05, 0) is 61.9 Å². The molecule has 1 aromatic carbocycles. The lowest BCUT2D eigenvalue weighted by molar-refractivity contribution is -0.132. The van der Waals surface area contributed by atoms with Gasteiger partial charge in [-0.3, -0.25) is 14.5 Å². The number of hydrogen-bond donors (Lipinski definition) is 1. The van der Waals surface area contributed by atoms with E-state index in [9.17, 15) is 9.59 Å². The van der Waals surface area contributed by atoms with Gasteiger partial charge >= 0.3 is 0 Å². The fraction of sp³-hybridized carbons (Fsp3) is 0.440. The minimum absolute atomic E-state index is 0.00952. The number of nitrogens with one attached hydrogen (secondary N) is 1. The van der Waals surface area contributed by atoms with Crippen LogP contribution in [0.3, 0.4) is 0 Å². The molecule has 1 atom stereocenters. The third kappa shape index (κ3) is 5.83. The molecule has 1 N–H and O–H groups in total. The van der Waals surface area contributed by atoms with E-state index in [1.54, 1.807) is 17.4 Å². The molecule has 6 heteroatoms. The Labute approximate surface area is 188 Å². The number of benzene rings is 1. The molecule has 2 aliphatic heterocycles. The van der Waals surface area contributed by atoms with Crippen molar-refractivity contribution in [2.24, 2.45) is 5.92 Å². The molecule has 31 heavy (non-hydrogen) atoms. The highest BCUT2D eigenvalue weighted by Crippen LogP contribution is 2.28. The van der Waals surface area contributed by atoms with Crippen LogP contribution in [-0.2, 0) is 9.59 Å². The van der Waals surface area contributed by atoms with Crippen LogP contribution in [0.15, 0.2) is 53.9 Å². The molecule has 0 bridgehead atoms. The molecule has 0 spiro atoms. The fourth-order valence-corrected chi connectivity index (χ4v) is 5.35. The van der Waals surface area contributed by atoms with Gasteiger partial charge in [0.25, 0.3) is 0 Å². The van der Waals surface area contributed by atoms with E-state index in [0.717, 1.165) is 31.5 Å². The first-order valence-electron chi connectivity index (χ1n) is 11.3. The highest BCUT2D eigenvalue weighted by atomic mass is 32.1. The van der Waals surface area contributed by atoms with Crippen molar-refractivity contribution in [3.63, 3.8) is 0 Å². The van der Waals surface area contributed by atoms with Crippen molar-refractivity contribution in [2.45, 2.75) is 31.7 Å². The SMILES string of the molecule is O=C(NC[C@@H](c1cccs1)N1CCCC1)C1CCN(C(=O)/C=C/c2ccccc2)CC1. The fourth-order valence-electron chi connectivity index (χ4n) is 4.48. The van der Waals surface area contributed by atoms with Crippen LogP contribution in [0.4, 0.5) is 0 Å². The van der Waals surface area contributed by atoms with E-state index in [1.165, 1.54) is 17.7 Å². The molecule has 164 valence electrons. The number of carbonyl (C=O) groups is 2. The van der Waals surface area contributed by atoms with Gasteiger partial charge in [0.05, 0.1) is 6.04 Å². The van der Waals surface area contributed by atoms with Crippen molar-refractivity contribution >= 4 is 29.2 Å². The molecule has 3 heterocycles. The van der Waals surface area contributed by atoms with Crippen molar-refractivity contribution in [2.75, 3.05) is 32.7 Å². The average Bonchev–Trinajstić information content (AvgIpc) is 3.53. The Bertz CT molecular complexity index is 867. The van der Waals surface area contributed by atoms with Crippen LogP contribution in [0.2, 0.25) is 0 Å². The summed E-state index contributed by atoms with van der Waals surface area (Å²) < 4.78 is 0. The summed E-state index contributed by atoms with van der Waals surface area (Å²) in [5.74, 6) is 0.145. The van der Waals surface area contributed by atoms with Gasteiger partial charge in [-0.1, -0.05) is 36.4 Å². The first kappa shape index (κ1) is 21.8. The van der Waals surface area contributed by atoms with Crippen LogP contribution in [0.25, 0.3) is 6.08 Å². The molecular formula is C25H31N3O2S. The molecular weight excluding hydrogens is 406 g/mol. The van der Waals surface area contributed by atoms with Gasteiger partial charge in [-0.15, -0.1) is 11.3 Å². The normalized spacial score (nSPS) is 19.0. The summed E-state index contributed by atoms with van der Waals surface area (Å²) in [6.07, 6.45) is 7.41. The van der Waals surface area contributed by atoms with Crippen molar-refractivity contribution in [3.05, 3.63) is 64.4 Å². The Morgan fingerprint density at radius 2 is 1.77 bits per heavy atom. The Morgan fingerprint density at radius 1 is 1.03 bits per heavy atom. The number of likely N-dealkylation sites (tertiary alicyclic amines) is 2. The highest BCUT2D eigenvalue weighted by Gasteiger charge is 2.29. The van der Waals surface area contributed by atoms with E-state index in [1.807, 2.05) is 41.3 Å². The van der Waals surface area contributed by atoms with Crippen molar-refractivity contribution in [3.8, 4) is 0 Å². The Hall–Kier alpha value is -2.44. The molecule has 4 rings (SSSR count). The lowest BCUT2D eigenvalue weighted by Gasteiger charge is -2.32. The van der Waals surface area contributed by atoms with Crippen LogP contribution in [0.5, 0.6) is 0 Å². The maximum atomic E-state index is 12.8. The zero-order valence-electron chi connectivity index (χ0n) is 17.9. The number of nitrogens with zero attached hydrogens (tertiary/aromatic N) is 2. The standard InChI is InChI=1S/C25H31N3O2S/c29-24(11-10-20-7-2-1-3-8-20)28-16-12-21(13-17-28)25(30)26-19-22(23-9-6-18-31-23)27-14-4-5-15-27/h1-3,6-11,18,21-22H,4-5,12-17,19H2,(H,26,30)/b11-10+/t22-/m0/s1. The van der Waals surface area contributed by atoms with E-state index in [0.29, 0.717) is 19.6 Å². The quantitative estimate of drug-likeness (QED) is 0.668. The molecule has 5 nitrogen and oxygen atoms in total. The topological polar surface area (TPSA) is 52.7 Å². The van der Waals surface area contributed by atoms with Gasteiger partial charge in [0.15, 0.2) is 0 Å². The van der Waals surface area contributed by atoms with Crippen molar-refractivity contribution in [1.82, 2.24) is 15.1 Å². The predicted octanol–water partition coefficient (Wildman–Crippen LogP) is 3.95. The summed E-state index contributed by atoms with van der Waals surface area (Å²) in [5, 5.41) is 5.33. The predicted molar refractivity (Wildman–Crippen MR) is 126 cm³/mol. The number of carbonyl (C=O) groups excluding carboxylic acids is 2. The molecule has 2 amide bonds. The number of piperidine rings is 1. The van der Waals surface area contributed by atoms with Crippen molar-refractivity contribution < 1.29 is 9.59 Å². The van der Waals surface area contributed by atoms with Crippen molar-refractivity contribution in [1.29, 1.82) is 0 Å². The van der Waals surface area contributed by atoms with E-state index >= 15 is 0 Å². The molecule has 2 saturated heterocycles. The molecule has 2 aliphatic rings. The summed E-state index contributed by atoms with van der Waals surface area (Å²) in [5.41, 5.74) is 1.02. The minimum Gasteiger partial charge on any atom is -0.354 e. The third-order valence-corrected chi connectivity index (χ3v) is 7.29. The summed E-state index contributed by atoms with van der Waals surface area (Å²) in [7, 11) is 0. The summed E-state index contributed by atoms with van der Waals surface area (Å²) in [4.78, 5) is 31.0. The maximum Gasteiger partial charge on any atom is 0.246 e. The van der Waals surface area contributed by atoms with Gasteiger partial charge in [0.2, 0.25) is 11.8 Å². The van der Waals surface area contributed by atoms with Crippen LogP contribution in [-0.4, -0.2) is 54.3 Å². The molecule has 2 fully saturated rings. The molecule has 0 unspecified atom stereocenters. The second-order valence-electron chi connectivity index (χ2n) is 8.36. The number of hydrogen-bond acceptors (Lipinski definition) is 4. The lowest BCUT2D eigenvalue weighted by Crippen LogP contribution is -2.44. The maximum absolute atomic E-state index is 12.8. The lowest BCUT2D eigenvalue weighted by atomic mass is 9.95. The molecule has 0 radical (unpaired) electrons. The minimum atomic E-state index is -0.00952. The molecule has 0 aliphatic carbocycles. The van der Waals surface area contributed by atoms with Gasteiger partial charge in [0, 0.05) is 36.5 Å². The second kappa shape index (κ2) is 10.7. The smallest absolute Gasteiger partial charge is 0.246 e. The highest BCUT2D eigenvalue weighted by molar-refractivity contribution is 7.10. The Balaban J connectivity index is 1.25. The number of rotatable bonds is 7. The first-order valence-corrected chi connectivity index (χ1v) is 12.2. The van der Waals surface area contributed by atoms with Gasteiger partial charge in [-0.25, -0.2) is 0 Å². The van der Waals surface area contributed by atoms with Crippen LogP contribution in [0, 0.1) is 5.92 Å². The zero-order chi connectivity index (χ0) is 21.5. The first-order chi connectivity index (χ1) is 15.2. The van der Waals surface area contributed by atoms with Gasteiger partial charge in [0.1, 0.15) is 0 Å². The Kier molecular flexibility index (Phi) is 7.54. The van der Waals surface area contributed by atoms with E-state index < -0.39 is 0 Å². The van der Waals surface area contributed by atoms with Gasteiger partial charge < -0.3 is 10.2 Å². The van der Waals surface area contributed by atoms with E-state index in [4.69, 9.17) is 0 Å². The second-order valence-corrected chi connectivity index (χ2v) is 9.34. The van der Waals surface area contributed by atoms with Crippen LogP contribution < -0.4 is 5.32 Å². The molecule has 1 aromatic heterocycles. The van der Waals surface area contributed by atoms with Gasteiger partial charge in [-0.2, -0.15) is 0 Å². The van der Waals surface area contributed by atoms with E-state index in [2.05, 4.69) is 27.7 Å². The van der Waals surface area contributed by atoms with Crippen LogP contribution >= 0.6 is 11.3 Å². The largest absolute Gasteiger partial charge is 0.354 e. The summed E-state index contributed by atoms with van der Waals surface area (Å²) in [6, 6.07) is 14.4. The van der Waals surface area contributed by atoms with Crippen LogP contribution in [0.1, 0.15) is 42.2 Å². The average molecular weight is 438 g/mol. The number of amides is 2. The van der Waals surface area contributed by atoms with E-state index in [-0.39, 0.29) is 23.8 Å². The summed E-state index contributed by atoms with van der Waals surface area (Å²) in [6.45, 7) is 4.15. The monoisotopic (exact) mass is 437 g/mol. The molecule has 2 aromatic rings. The summed E-state index contributed by atoms with van der Waals surface area (Å²) >= 11 is 1.77. The third-order valence-electron chi connectivity index (χ3n) is 6.32. The number of thiophene rings is 1. The zero-order valence-corrected chi connectivity index (χ0v) is 18.7.